The van der Waals surface area contributed by atoms with E-state index in [2.05, 4.69) is 4.98 Å². The Hall–Kier alpha value is -1.68. The molecule has 16 heavy (non-hydrogen) atoms. The minimum Gasteiger partial charge on any atom is -0.398 e. The number of aryl methyl sites for hydroxylation is 1. The van der Waals surface area contributed by atoms with Crippen LogP contribution in [0.1, 0.15) is 11.3 Å². The van der Waals surface area contributed by atoms with Gasteiger partial charge in [-0.05, 0) is 25.1 Å². The molecule has 0 saturated carbocycles. The summed E-state index contributed by atoms with van der Waals surface area (Å²) < 4.78 is 18.4. The first-order valence-corrected chi connectivity index (χ1v) is 4.96. The predicted molar refractivity (Wildman–Crippen MR) is 61.6 cm³/mol. The molecular formula is C12H13FN2O. The highest BCUT2D eigenvalue weighted by atomic mass is 19.1. The number of fused-ring (bicyclic) bond motifs is 1. The fourth-order valence-electron chi connectivity index (χ4n) is 1.71. The van der Waals surface area contributed by atoms with Crippen LogP contribution in [-0.2, 0) is 11.3 Å². The summed E-state index contributed by atoms with van der Waals surface area (Å²) in [6, 6.07) is 4.81. The van der Waals surface area contributed by atoms with Crippen LogP contribution in [0.2, 0.25) is 0 Å². The number of nitrogens with two attached hydrogens (primary N) is 1. The van der Waals surface area contributed by atoms with Crippen molar-refractivity contribution in [2.45, 2.75) is 13.5 Å². The molecule has 0 bridgehead atoms. The summed E-state index contributed by atoms with van der Waals surface area (Å²) in [5.74, 6) is -0.269. The third-order valence-electron chi connectivity index (χ3n) is 2.55. The van der Waals surface area contributed by atoms with Gasteiger partial charge in [-0.25, -0.2) is 9.37 Å². The van der Waals surface area contributed by atoms with Crippen LogP contribution in [0.3, 0.4) is 0 Å². The number of aromatic nitrogens is 1. The number of hydrogen-bond acceptors (Lipinski definition) is 3. The van der Waals surface area contributed by atoms with Crippen LogP contribution in [0.4, 0.5) is 10.1 Å². The molecule has 2 rings (SSSR count). The summed E-state index contributed by atoms with van der Waals surface area (Å²) in [6.07, 6.45) is 0. The zero-order valence-electron chi connectivity index (χ0n) is 9.25. The third kappa shape index (κ3) is 1.72. The van der Waals surface area contributed by atoms with Gasteiger partial charge in [-0.15, -0.1) is 0 Å². The molecule has 1 aromatic heterocycles. The van der Waals surface area contributed by atoms with Crippen molar-refractivity contribution in [2.24, 2.45) is 0 Å². The Morgan fingerprint density at radius 3 is 2.88 bits per heavy atom. The molecule has 3 nitrogen and oxygen atoms in total. The van der Waals surface area contributed by atoms with Gasteiger partial charge in [0, 0.05) is 23.7 Å². The predicted octanol–water partition coefficient (Wildman–Crippen LogP) is 2.41. The zero-order chi connectivity index (χ0) is 11.7. The number of methoxy groups -OCH3 is 1. The second-order valence-corrected chi connectivity index (χ2v) is 3.70. The minimum absolute atomic E-state index is 0.269. The molecule has 0 unspecified atom stereocenters. The first kappa shape index (κ1) is 10.8. The van der Waals surface area contributed by atoms with Gasteiger partial charge in [0.05, 0.1) is 17.8 Å². The van der Waals surface area contributed by atoms with E-state index in [9.17, 15) is 4.39 Å². The third-order valence-corrected chi connectivity index (χ3v) is 2.55. The molecule has 0 aliphatic heterocycles. The lowest BCUT2D eigenvalue weighted by molar-refractivity contribution is 0.182. The van der Waals surface area contributed by atoms with Gasteiger partial charge >= 0.3 is 0 Å². The Morgan fingerprint density at radius 2 is 2.19 bits per heavy atom. The number of nitrogens with zero attached hydrogens (tertiary/aromatic N) is 1. The van der Waals surface area contributed by atoms with Gasteiger partial charge in [0.15, 0.2) is 0 Å². The lowest BCUT2D eigenvalue weighted by Crippen LogP contribution is -1.99. The summed E-state index contributed by atoms with van der Waals surface area (Å²) in [6.45, 7) is 2.07. The van der Waals surface area contributed by atoms with E-state index < -0.39 is 0 Å². The molecule has 1 heterocycles. The van der Waals surface area contributed by atoms with Gasteiger partial charge in [-0.2, -0.15) is 0 Å². The van der Waals surface area contributed by atoms with Crippen molar-refractivity contribution in [3.05, 3.63) is 35.3 Å². The maximum Gasteiger partial charge on any atom is 0.128 e. The maximum absolute atomic E-state index is 13.4. The second kappa shape index (κ2) is 4.06. The van der Waals surface area contributed by atoms with E-state index in [0.717, 1.165) is 5.39 Å². The van der Waals surface area contributed by atoms with Crippen LogP contribution in [0.15, 0.2) is 18.2 Å². The molecule has 0 saturated heterocycles. The van der Waals surface area contributed by atoms with Crippen molar-refractivity contribution in [1.82, 2.24) is 4.98 Å². The number of ether oxygens (including phenoxy) is 1. The highest BCUT2D eigenvalue weighted by Crippen LogP contribution is 2.25. The Balaban J connectivity index is 2.73. The first-order valence-electron chi connectivity index (χ1n) is 4.96. The van der Waals surface area contributed by atoms with E-state index in [0.29, 0.717) is 29.1 Å². The minimum atomic E-state index is -0.269. The van der Waals surface area contributed by atoms with Crippen LogP contribution in [0, 0.1) is 12.7 Å². The summed E-state index contributed by atoms with van der Waals surface area (Å²) in [5, 5.41) is 0.777. The van der Waals surface area contributed by atoms with E-state index in [1.54, 1.807) is 26.2 Å². The molecule has 0 radical (unpaired) electrons. The highest BCUT2D eigenvalue weighted by molar-refractivity contribution is 5.92. The number of hydrogen-bond donors (Lipinski definition) is 1. The van der Waals surface area contributed by atoms with Gasteiger partial charge in [0.1, 0.15) is 5.82 Å². The van der Waals surface area contributed by atoms with E-state index in [4.69, 9.17) is 10.5 Å². The highest BCUT2D eigenvalue weighted by Gasteiger charge is 2.08. The molecule has 0 spiro atoms. The molecular weight excluding hydrogens is 207 g/mol. The van der Waals surface area contributed by atoms with Crippen LogP contribution < -0.4 is 5.73 Å². The molecule has 2 aromatic rings. The Bertz CT molecular complexity index is 540. The average molecular weight is 220 g/mol. The molecule has 0 amide bonds. The maximum atomic E-state index is 13.4. The fourth-order valence-corrected chi connectivity index (χ4v) is 1.71. The molecule has 2 N–H and O–H groups in total. The molecule has 84 valence electrons. The number of pyridine rings is 1. The molecule has 0 aliphatic rings. The molecule has 1 aromatic carbocycles. The lowest BCUT2D eigenvalue weighted by atomic mass is 10.1. The summed E-state index contributed by atoms with van der Waals surface area (Å²) in [7, 11) is 1.58. The Morgan fingerprint density at radius 1 is 1.44 bits per heavy atom. The van der Waals surface area contributed by atoms with Crippen LogP contribution in [0.5, 0.6) is 0 Å². The van der Waals surface area contributed by atoms with Crippen molar-refractivity contribution in [2.75, 3.05) is 12.8 Å². The topological polar surface area (TPSA) is 48.1 Å². The Labute approximate surface area is 93.0 Å². The van der Waals surface area contributed by atoms with E-state index in [-0.39, 0.29) is 5.82 Å². The first-order chi connectivity index (χ1) is 7.63. The second-order valence-electron chi connectivity index (χ2n) is 3.70. The summed E-state index contributed by atoms with van der Waals surface area (Å²) in [5.41, 5.74) is 8.31. The van der Waals surface area contributed by atoms with Gasteiger partial charge in [-0.1, -0.05) is 0 Å². The molecule has 0 aliphatic carbocycles. The summed E-state index contributed by atoms with van der Waals surface area (Å²) in [4.78, 5) is 4.34. The van der Waals surface area contributed by atoms with Crippen molar-refractivity contribution in [1.29, 1.82) is 0 Å². The average Bonchev–Trinajstić information content (AvgIpc) is 2.25. The quantitative estimate of drug-likeness (QED) is 0.845. The van der Waals surface area contributed by atoms with Gasteiger partial charge < -0.3 is 10.5 Å². The van der Waals surface area contributed by atoms with Gasteiger partial charge in [0.25, 0.3) is 0 Å². The lowest BCUT2D eigenvalue weighted by Gasteiger charge is -2.08. The number of rotatable bonds is 2. The van der Waals surface area contributed by atoms with Crippen LogP contribution in [0.25, 0.3) is 10.9 Å². The van der Waals surface area contributed by atoms with Crippen molar-refractivity contribution in [3.63, 3.8) is 0 Å². The van der Waals surface area contributed by atoms with E-state index in [1.807, 2.05) is 0 Å². The standard InChI is InChI=1S/C12H13FN2O/c1-7-10(13)4-3-9-11(14)5-8(6-16-2)15-12(7)9/h3-5H,6H2,1-2H3,(H2,14,15). The molecule has 4 heteroatoms. The van der Waals surface area contributed by atoms with Gasteiger partial charge in [0.2, 0.25) is 0 Å². The number of benzene rings is 1. The normalized spacial score (nSPS) is 10.9. The number of anilines is 1. The fraction of sp³-hybridized carbons (Fsp3) is 0.250. The van der Waals surface area contributed by atoms with Crippen molar-refractivity contribution >= 4 is 16.6 Å². The summed E-state index contributed by atoms with van der Waals surface area (Å²) >= 11 is 0. The van der Waals surface area contributed by atoms with Crippen molar-refractivity contribution < 1.29 is 9.13 Å². The van der Waals surface area contributed by atoms with E-state index in [1.165, 1.54) is 6.07 Å². The van der Waals surface area contributed by atoms with Crippen LogP contribution in [-0.4, -0.2) is 12.1 Å². The largest absolute Gasteiger partial charge is 0.398 e. The number of nitrogen functional groups attached to an aromatic ring is 1. The molecule has 0 atom stereocenters. The zero-order valence-corrected chi connectivity index (χ0v) is 9.25. The Kier molecular flexibility index (Phi) is 2.75. The van der Waals surface area contributed by atoms with Gasteiger partial charge in [-0.3, -0.25) is 0 Å². The molecule has 0 fully saturated rings. The monoisotopic (exact) mass is 220 g/mol. The van der Waals surface area contributed by atoms with E-state index >= 15 is 0 Å². The smallest absolute Gasteiger partial charge is 0.128 e. The number of halogens is 1. The van der Waals surface area contributed by atoms with Crippen LogP contribution >= 0.6 is 0 Å². The van der Waals surface area contributed by atoms with Crippen molar-refractivity contribution in [3.8, 4) is 0 Å². The SMILES string of the molecule is COCc1cc(N)c2ccc(F)c(C)c2n1.